The summed E-state index contributed by atoms with van der Waals surface area (Å²) >= 11 is 0. The van der Waals surface area contributed by atoms with Crippen molar-refractivity contribution in [2.45, 2.75) is 50.3 Å². The highest BCUT2D eigenvalue weighted by Gasteiger charge is 2.42. The molecular formula is C12H23NO2S. The normalized spacial score (nSPS) is 22.8. The fourth-order valence-corrected chi connectivity index (χ4v) is 2.47. The van der Waals surface area contributed by atoms with E-state index in [0.29, 0.717) is 12.6 Å². The van der Waals surface area contributed by atoms with Gasteiger partial charge in [-0.3, -0.25) is 0 Å². The van der Waals surface area contributed by atoms with Crippen molar-refractivity contribution < 1.29 is 8.42 Å². The molecule has 0 spiro atoms. The van der Waals surface area contributed by atoms with E-state index in [4.69, 9.17) is 0 Å². The summed E-state index contributed by atoms with van der Waals surface area (Å²) in [6.07, 6.45) is 6.64. The molecule has 1 N–H and O–H groups in total. The van der Waals surface area contributed by atoms with Crippen molar-refractivity contribution in [3.05, 3.63) is 0 Å². The smallest absolute Gasteiger partial charge is 0.153 e. The molecule has 0 atom stereocenters. The van der Waals surface area contributed by atoms with Gasteiger partial charge in [0.1, 0.15) is 0 Å². The van der Waals surface area contributed by atoms with E-state index in [0.717, 1.165) is 11.8 Å². The molecule has 0 heterocycles. The molecule has 16 heavy (non-hydrogen) atoms. The quantitative estimate of drug-likeness (QED) is 0.773. The SMILES string of the molecule is CC(C)(CNC(C1CC1)C1CC1)S(C)(=O)=O. The van der Waals surface area contributed by atoms with Gasteiger partial charge in [0.15, 0.2) is 9.84 Å². The van der Waals surface area contributed by atoms with E-state index in [1.54, 1.807) is 0 Å². The van der Waals surface area contributed by atoms with Crippen molar-refractivity contribution in [1.82, 2.24) is 5.32 Å². The predicted octanol–water partition coefficient (Wildman–Crippen LogP) is 1.59. The van der Waals surface area contributed by atoms with Gasteiger partial charge in [-0.2, -0.15) is 0 Å². The van der Waals surface area contributed by atoms with E-state index >= 15 is 0 Å². The Balaban J connectivity index is 1.89. The Labute approximate surface area is 98.9 Å². The number of hydrogen-bond donors (Lipinski definition) is 1. The van der Waals surface area contributed by atoms with Gasteiger partial charge >= 0.3 is 0 Å². The lowest BCUT2D eigenvalue weighted by molar-refractivity contribution is 0.394. The molecule has 4 heteroatoms. The average Bonchev–Trinajstić information content (AvgIpc) is 2.98. The van der Waals surface area contributed by atoms with E-state index in [2.05, 4.69) is 5.32 Å². The molecule has 0 bridgehead atoms. The van der Waals surface area contributed by atoms with Crippen LogP contribution in [0.25, 0.3) is 0 Å². The number of sulfone groups is 1. The second-order valence-corrected chi connectivity index (χ2v) is 8.76. The molecule has 0 aromatic heterocycles. The summed E-state index contributed by atoms with van der Waals surface area (Å²) in [7, 11) is -2.97. The monoisotopic (exact) mass is 245 g/mol. The Kier molecular flexibility index (Phi) is 3.08. The first kappa shape index (κ1) is 12.4. The third kappa shape index (κ3) is 2.77. The van der Waals surface area contributed by atoms with Gasteiger partial charge in [0, 0.05) is 18.8 Å². The van der Waals surface area contributed by atoms with Gasteiger partial charge < -0.3 is 5.32 Å². The minimum Gasteiger partial charge on any atom is -0.312 e. The summed E-state index contributed by atoms with van der Waals surface area (Å²) in [5.74, 6) is 1.64. The van der Waals surface area contributed by atoms with E-state index < -0.39 is 14.6 Å². The van der Waals surface area contributed by atoms with E-state index in [1.807, 2.05) is 13.8 Å². The fraction of sp³-hybridized carbons (Fsp3) is 1.00. The first-order chi connectivity index (χ1) is 7.31. The van der Waals surface area contributed by atoms with Crippen molar-refractivity contribution in [3.8, 4) is 0 Å². The van der Waals surface area contributed by atoms with Crippen LogP contribution in [0.4, 0.5) is 0 Å². The van der Waals surface area contributed by atoms with E-state index in [-0.39, 0.29) is 0 Å². The summed E-state index contributed by atoms with van der Waals surface area (Å²) < 4.78 is 22.5. The van der Waals surface area contributed by atoms with Gasteiger partial charge in [0.25, 0.3) is 0 Å². The van der Waals surface area contributed by atoms with Gasteiger partial charge in [-0.15, -0.1) is 0 Å². The molecule has 0 aliphatic heterocycles. The van der Waals surface area contributed by atoms with Crippen molar-refractivity contribution >= 4 is 9.84 Å². The minimum absolute atomic E-state index is 0.584. The molecule has 2 aliphatic carbocycles. The molecule has 0 saturated heterocycles. The fourth-order valence-electron chi connectivity index (χ4n) is 2.12. The number of nitrogens with one attached hydrogen (secondary N) is 1. The topological polar surface area (TPSA) is 46.2 Å². The molecule has 2 rings (SSSR count). The standard InChI is InChI=1S/C12H23NO2S/c1-12(2,16(3,14)15)8-13-11(9-4-5-9)10-6-7-10/h9-11,13H,4-8H2,1-3H3. The highest BCUT2D eigenvalue weighted by Crippen LogP contribution is 2.44. The van der Waals surface area contributed by atoms with Gasteiger partial charge in [0.05, 0.1) is 4.75 Å². The molecule has 2 saturated carbocycles. The molecule has 2 fully saturated rings. The van der Waals surface area contributed by atoms with Crippen molar-refractivity contribution in [1.29, 1.82) is 0 Å². The predicted molar refractivity (Wildman–Crippen MR) is 66.2 cm³/mol. The second-order valence-electron chi connectivity index (χ2n) is 6.11. The molecule has 0 radical (unpaired) electrons. The Morgan fingerprint density at radius 2 is 1.62 bits per heavy atom. The Morgan fingerprint density at radius 3 is 1.94 bits per heavy atom. The van der Waals surface area contributed by atoms with Crippen LogP contribution in [0.15, 0.2) is 0 Å². The summed E-state index contributed by atoms with van der Waals surface area (Å²) in [6, 6.07) is 0.584. The first-order valence-corrected chi connectivity index (χ1v) is 8.13. The van der Waals surface area contributed by atoms with Crippen molar-refractivity contribution in [3.63, 3.8) is 0 Å². The van der Waals surface area contributed by atoms with Crippen LogP contribution in [0.1, 0.15) is 39.5 Å². The zero-order valence-corrected chi connectivity index (χ0v) is 11.3. The molecular weight excluding hydrogens is 222 g/mol. The third-order valence-electron chi connectivity index (χ3n) is 4.03. The van der Waals surface area contributed by atoms with Gasteiger partial charge in [-0.05, 0) is 51.4 Å². The summed E-state index contributed by atoms with van der Waals surface area (Å²) in [4.78, 5) is 0. The Bertz CT molecular complexity index is 341. The Hall–Kier alpha value is -0.0900. The van der Waals surface area contributed by atoms with Gasteiger partial charge in [-0.1, -0.05) is 0 Å². The van der Waals surface area contributed by atoms with Crippen LogP contribution in [0.5, 0.6) is 0 Å². The average molecular weight is 245 g/mol. The third-order valence-corrected chi connectivity index (χ3v) is 6.18. The lowest BCUT2D eigenvalue weighted by Crippen LogP contribution is -2.46. The highest BCUT2D eigenvalue weighted by molar-refractivity contribution is 7.92. The summed E-state index contributed by atoms with van der Waals surface area (Å²) in [5.41, 5.74) is 0. The van der Waals surface area contributed by atoms with Crippen LogP contribution in [-0.2, 0) is 9.84 Å². The van der Waals surface area contributed by atoms with Crippen LogP contribution < -0.4 is 5.32 Å². The summed E-state index contributed by atoms with van der Waals surface area (Å²) in [5, 5.41) is 3.51. The largest absolute Gasteiger partial charge is 0.312 e. The molecule has 94 valence electrons. The lowest BCUT2D eigenvalue weighted by Gasteiger charge is -2.27. The maximum atomic E-state index is 11.6. The summed E-state index contributed by atoms with van der Waals surface area (Å²) in [6.45, 7) is 4.21. The highest BCUT2D eigenvalue weighted by atomic mass is 32.2. The van der Waals surface area contributed by atoms with Crippen LogP contribution in [0.3, 0.4) is 0 Å². The van der Waals surface area contributed by atoms with Crippen LogP contribution >= 0.6 is 0 Å². The molecule has 0 aromatic carbocycles. The number of rotatable bonds is 6. The molecule has 2 aliphatic rings. The lowest BCUT2D eigenvalue weighted by atomic mass is 10.1. The molecule has 0 unspecified atom stereocenters. The zero-order chi connectivity index (χ0) is 12.0. The van der Waals surface area contributed by atoms with Crippen LogP contribution in [-0.4, -0.2) is 32.0 Å². The number of hydrogen-bond acceptors (Lipinski definition) is 3. The molecule has 0 amide bonds. The second kappa shape index (κ2) is 3.98. The minimum atomic E-state index is -2.97. The van der Waals surface area contributed by atoms with Gasteiger partial charge in [0.2, 0.25) is 0 Å². The van der Waals surface area contributed by atoms with Gasteiger partial charge in [-0.25, -0.2) is 8.42 Å². The van der Waals surface area contributed by atoms with E-state index in [9.17, 15) is 8.42 Å². The maximum Gasteiger partial charge on any atom is 0.153 e. The van der Waals surface area contributed by atoms with E-state index in [1.165, 1.54) is 31.9 Å². The van der Waals surface area contributed by atoms with Crippen molar-refractivity contribution in [2.24, 2.45) is 11.8 Å². The van der Waals surface area contributed by atoms with Crippen LogP contribution in [0, 0.1) is 11.8 Å². The van der Waals surface area contributed by atoms with Crippen LogP contribution in [0.2, 0.25) is 0 Å². The Morgan fingerprint density at radius 1 is 1.19 bits per heavy atom. The molecule has 0 aromatic rings. The maximum absolute atomic E-state index is 11.6. The molecule has 3 nitrogen and oxygen atoms in total. The zero-order valence-electron chi connectivity index (χ0n) is 10.5. The van der Waals surface area contributed by atoms with Crippen molar-refractivity contribution in [2.75, 3.05) is 12.8 Å². The first-order valence-electron chi connectivity index (χ1n) is 6.24.